The molecular formula is C20H27N5O. The van der Waals surface area contributed by atoms with Gasteiger partial charge in [-0.25, -0.2) is 14.8 Å². The van der Waals surface area contributed by atoms with E-state index in [2.05, 4.69) is 59.2 Å². The standard InChI is InChI=1S/C20H27N5O/c1-15(2)13-21-20(26)25-9-7-24(8-10-25)19-12-18(22-14-23-19)17-6-4-5-16(3)11-17/h4-6,11-12,14-15H,7-10,13H2,1-3H3,(H,21,26). The minimum Gasteiger partial charge on any atom is -0.353 e. The van der Waals surface area contributed by atoms with E-state index in [1.165, 1.54) is 5.56 Å². The molecule has 6 heteroatoms. The van der Waals surface area contributed by atoms with Crippen LogP contribution in [0.2, 0.25) is 0 Å². The molecule has 0 unspecified atom stereocenters. The second-order valence-electron chi connectivity index (χ2n) is 7.18. The largest absolute Gasteiger partial charge is 0.353 e. The molecule has 3 rings (SSSR count). The van der Waals surface area contributed by atoms with E-state index < -0.39 is 0 Å². The molecule has 1 aliphatic heterocycles. The molecular weight excluding hydrogens is 326 g/mol. The minimum absolute atomic E-state index is 0.0292. The number of carbonyl (C=O) groups excluding carboxylic acids is 1. The molecule has 0 atom stereocenters. The zero-order chi connectivity index (χ0) is 18.5. The van der Waals surface area contributed by atoms with Crippen LogP contribution in [0.4, 0.5) is 10.6 Å². The van der Waals surface area contributed by atoms with Crippen LogP contribution in [-0.2, 0) is 0 Å². The maximum atomic E-state index is 12.2. The molecule has 26 heavy (non-hydrogen) atoms. The summed E-state index contributed by atoms with van der Waals surface area (Å²) in [6.45, 7) is 9.94. The second-order valence-corrected chi connectivity index (χ2v) is 7.18. The van der Waals surface area contributed by atoms with Crippen LogP contribution in [0.1, 0.15) is 19.4 Å². The Hall–Kier alpha value is -2.63. The summed E-state index contributed by atoms with van der Waals surface area (Å²) in [5.74, 6) is 1.38. The van der Waals surface area contributed by atoms with Crippen LogP contribution in [-0.4, -0.2) is 53.6 Å². The third kappa shape index (κ3) is 4.50. The Morgan fingerprint density at radius 2 is 1.92 bits per heavy atom. The van der Waals surface area contributed by atoms with E-state index in [0.29, 0.717) is 25.6 Å². The lowest BCUT2D eigenvalue weighted by Gasteiger charge is -2.35. The molecule has 1 saturated heterocycles. The number of urea groups is 1. The predicted octanol–water partition coefficient (Wildman–Crippen LogP) is 2.94. The van der Waals surface area contributed by atoms with E-state index in [-0.39, 0.29) is 6.03 Å². The van der Waals surface area contributed by atoms with Crippen molar-refractivity contribution in [3.63, 3.8) is 0 Å². The number of amides is 2. The lowest BCUT2D eigenvalue weighted by molar-refractivity contribution is 0.193. The van der Waals surface area contributed by atoms with Crippen LogP contribution in [0.3, 0.4) is 0 Å². The Labute approximate surface area is 155 Å². The number of nitrogens with zero attached hydrogens (tertiary/aromatic N) is 4. The number of benzene rings is 1. The highest BCUT2D eigenvalue weighted by atomic mass is 16.2. The Morgan fingerprint density at radius 3 is 2.62 bits per heavy atom. The number of hydrogen-bond donors (Lipinski definition) is 1. The molecule has 138 valence electrons. The molecule has 2 heterocycles. The minimum atomic E-state index is 0.0292. The summed E-state index contributed by atoms with van der Waals surface area (Å²) in [5, 5.41) is 2.99. The highest BCUT2D eigenvalue weighted by Crippen LogP contribution is 2.22. The Morgan fingerprint density at radius 1 is 1.15 bits per heavy atom. The maximum absolute atomic E-state index is 12.2. The summed E-state index contributed by atoms with van der Waals surface area (Å²) in [5.41, 5.74) is 3.24. The summed E-state index contributed by atoms with van der Waals surface area (Å²) in [6, 6.07) is 10.4. The summed E-state index contributed by atoms with van der Waals surface area (Å²) in [6.07, 6.45) is 1.62. The van der Waals surface area contributed by atoms with Gasteiger partial charge in [0.2, 0.25) is 0 Å². The Kier molecular flexibility index (Phi) is 5.71. The number of piperazine rings is 1. The molecule has 0 spiro atoms. The smallest absolute Gasteiger partial charge is 0.317 e. The van der Waals surface area contributed by atoms with Crippen LogP contribution < -0.4 is 10.2 Å². The van der Waals surface area contributed by atoms with Gasteiger partial charge in [-0.05, 0) is 18.9 Å². The fourth-order valence-electron chi connectivity index (χ4n) is 3.02. The van der Waals surface area contributed by atoms with E-state index >= 15 is 0 Å². The molecule has 1 aliphatic rings. The van der Waals surface area contributed by atoms with Gasteiger partial charge in [0.25, 0.3) is 0 Å². The average Bonchev–Trinajstić information content (AvgIpc) is 2.66. The number of aryl methyl sites for hydroxylation is 1. The molecule has 2 amide bonds. The quantitative estimate of drug-likeness (QED) is 0.918. The van der Waals surface area contributed by atoms with Gasteiger partial charge < -0.3 is 15.1 Å². The highest BCUT2D eigenvalue weighted by Gasteiger charge is 2.22. The zero-order valence-corrected chi connectivity index (χ0v) is 15.8. The Bertz CT molecular complexity index is 753. The van der Waals surface area contributed by atoms with Crippen molar-refractivity contribution in [2.45, 2.75) is 20.8 Å². The third-order valence-electron chi connectivity index (χ3n) is 4.52. The van der Waals surface area contributed by atoms with Crippen molar-refractivity contribution >= 4 is 11.8 Å². The highest BCUT2D eigenvalue weighted by molar-refractivity contribution is 5.74. The van der Waals surface area contributed by atoms with Crippen molar-refractivity contribution < 1.29 is 4.79 Å². The molecule has 0 radical (unpaired) electrons. The number of carbonyl (C=O) groups is 1. The van der Waals surface area contributed by atoms with Gasteiger partial charge in [-0.1, -0.05) is 37.6 Å². The van der Waals surface area contributed by atoms with Crippen LogP contribution in [0.25, 0.3) is 11.3 Å². The van der Waals surface area contributed by atoms with E-state index in [9.17, 15) is 4.79 Å². The van der Waals surface area contributed by atoms with E-state index in [4.69, 9.17) is 0 Å². The summed E-state index contributed by atoms with van der Waals surface area (Å²) >= 11 is 0. The first-order valence-corrected chi connectivity index (χ1v) is 9.20. The van der Waals surface area contributed by atoms with Crippen LogP contribution in [0.5, 0.6) is 0 Å². The van der Waals surface area contributed by atoms with Crippen molar-refractivity contribution in [3.05, 3.63) is 42.2 Å². The summed E-state index contributed by atoms with van der Waals surface area (Å²) in [4.78, 5) is 25.1. The van der Waals surface area contributed by atoms with Gasteiger partial charge in [-0.3, -0.25) is 0 Å². The van der Waals surface area contributed by atoms with Crippen LogP contribution in [0, 0.1) is 12.8 Å². The van der Waals surface area contributed by atoms with E-state index in [1.54, 1.807) is 6.33 Å². The lowest BCUT2D eigenvalue weighted by Crippen LogP contribution is -2.52. The molecule has 0 bridgehead atoms. The number of anilines is 1. The average molecular weight is 353 g/mol. The summed E-state index contributed by atoms with van der Waals surface area (Å²) in [7, 11) is 0. The van der Waals surface area contributed by atoms with Gasteiger partial charge >= 0.3 is 6.03 Å². The molecule has 0 saturated carbocycles. The SMILES string of the molecule is Cc1cccc(-c2cc(N3CCN(C(=O)NCC(C)C)CC3)ncn2)c1. The number of nitrogens with one attached hydrogen (secondary N) is 1. The molecule has 0 aliphatic carbocycles. The molecule has 1 fully saturated rings. The molecule has 2 aromatic rings. The van der Waals surface area contributed by atoms with Gasteiger partial charge in [0.15, 0.2) is 0 Å². The van der Waals surface area contributed by atoms with E-state index in [0.717, 1.165) is 30.2 Å². The van der Waals surface area contributed by atoms with Gasteiger partial charge in [0.1, 0.15) is 12.1 Å². The number of hydrogen-bond acceptors (Lipinski definition) is 4. The van der Waals surface area contributed by atoms with Crippen molar-refractivity contribution in [1.29, 1.82) is 0 Å². The first-order valence-electron chi connectivity index (χ1n) is 9.20. The molecule has 1 aromatic carbocycles. The van der Waals surface area contributed by atoms with Gasteiger partial charge in [-0.2, -0.15) is 0 Å². The third-order valence-corrected chi connectivity index (χ3v) is 4.52. The van der Waals surface area contributed by atoms with Gasteiger partial charge in [-0.15, -0.1) is 0 Å². The normalized spacial score (nSPS) is 14.6. The lowest BCUT2D eigenvalue weighted by atomic mass is 10.1. The first kappa shape index (κ1) is 18.2. The van der Waals surface area contributed by atoms with E-state index in [1.807, 2.05) is 17.0 Å². The molecule has 6 nitrogen and oxygen atoms in total. The number of aromatic nitrogens is 2. The fraction of sp³-hybridized carbons (Fsp3) is 0.450. The van der Waals surface area contributed by atoms with Gasteiger partial charge in [0.05, 0.1) is 5.69 Å². The Balaban J connectivity index is 1.63. The topological polar surface area (TPSA) is 61.4 Å². The van der Waals surface area contributed by atoms with Gasteiger partial charge in [0, 0.05) is 44.4 Å². The number of rotatable bonds is 4. The first-order chi connectivity index (χ1) is 12.5. The van der Waals surface area contributed by atoms with Crippen molar-refractivity contribution in [2.75, 3.05) is 37.6 Å². The van der Waals surface area contributed by atoms with Crippen molar-refractivity contribution in [1.82, 2.24) is 20.2 Å². The predicted molar refractivity (Wildman–Crippen MR) is 104 cm³/mol. The van der Waals surface area contributed by atoms with Crippen LogP contribution >= 0.6 is 0 Å². The second kappa shape index (κ2) is 8.17. The molecule has 1 N–H and O–H groups in total. The maximum Gasteiger partial charge on any atom is 0.317 e. The zero-order valence-electron chi connectivity index (χ0n) is 15.8. The monoisotopic (exact) mass is 353 g/mol. The van der Waals surface area contributed by atoms with Crippen LogP contribution in [0.15, 0.2) is 36.7 Å². The molecule has 1 aromatic heterocycles. The van der Waals surface area contributed by atoms with Crippen molar-refractivity contribution in [3.8, 4) is 11.3 Å². The van der Waals surface area contributed by atoms with Crippen molar-refractivity contribution in [2.24, 2.45) is 5.92 Å². The fourth-order valence-corrected chi connectivity index (χ4v) is 3.02. The summed E-state index contributed by atoms with van der Waals surface area (Å²) < 4.78 is 0.